The maximum Gasteiger partial charge on any atom is 0.253 e. The summed E-state index contributed by atoms with van der Waals surface area (Å²) in [7, 11) is 0. The topological polar surface area (TPSA) is 92.9 Å². The summed E-state index contributed by atoms with van der Waals surface area (Å²) in [5, 5.41) is 9.86. The van der Waals surface area contributed by atoms with Crippen LogP contribution in [-0.4, -0.2) is 34.1 Å². The number of rotatable bonds is 7. The van der Waals surface area contributed by atoms with E-state index in [1.807, 2.05) is 0 Å². The van der Waals surface area contributed by atoms with Crippen LogP contribution in [-0.2, 0) is 6.42 Å². The minimum atomic E-state index is -0.259. The second-order valence-corrected chi connectivity index (χ2v) is 4.74. The molecular weight excluding hydrogens is 294 g/mol. The molecule has 0 bridgehead atoms. The zero-order valence-corrected chi connectivity index (χ0v) is 12.4. The van der Waals surface area contributed by atoms with Crippen molar-refractivity contribution in [2.75, 3.05) is 18.4 Å². The minimum Gasteiger partial charge on any atom is -0.370 e. The smallest absolute Gasteiger partial charge is 0.253 e. The van der Waals surface area contributed by atoms with Gasteiger partial charge in [0.15, 0.2) is 5.82 Å². The molecule has 112 valence electrons. The van der Waals surface area contributed by atoms with Gasteiger partial charge in [0, 0.05) is 25.7 Å². The third kappa shape index (κ3) is 4.42. The Labute approximate surface area is 127 Å². The number of pyridine rings is 1. The molecule has 2 rings (SSSR count). The number of nitrogens with one attached hydrogen (secondary N) is 2. The van der Waals surface area contributed by atoms with Crippen LogP contribution < -0.4 is 10.6 Å². The van der Waals surface area contributed by atoms with E-state index in [0.29, 0.717) is 35.2 Å². The highest BCUT2D eigenvalue weighted by atomic mass is 35.5. The number of halogens is 1. The number of anilines is 1. The summed E-state index contributed by atoms with van der Waals surface area (Å²) in [5.41, 5.74) is 0.387. The zero-order chi connectivity index (χ0) is 15.1. The maximum atomic E-state index is 12.1. The first kappa shape index (κ1) is 15.2. The van der Waals surface area contributed by atoms with E-state index in [1.165, 1.54) is 12.6 Å². The molecule has 0 saturated heterocycles. The lowest BCUT2D eigenvalue weighted by Gasteiger charge is -2.08. The van der Waals surface area contributed by atoms with Crippen LogP contribution in [0.15, 0.2) is 23.2 Å². The Morgan fingerprint density at radius 3 is 2.95 bits per heavy atom. The van der Waals surface area contributed by atoms with Crippen LogP contribution in [0.5, 0.6) is 0 Å². The molecule has 0 atom stereocenters. The third-order valence-corrected chi connectivity index (χ3v) is 3.00. The Bertz CT molecular complexity index is 588. The van der Waals surface area contributed by atoms with Gasteiger partial charge in [-0.2, -0.15) is 4.98 Å². The van der Waals surface area contributed by atoms with Gasteiger partial charge in [0.1, 0.15) is 5.82 Å². The second-order valence-electron chi connectivity index (χ2n) is 4.33. The second kappa shape index (κ2) is 7.58. The van der Waals surface area contributed by atoms with Crippen molar-refractivity contribution in [1.82, 2.24) is 20.4 Å². The number of nitrogens with zero attached hydrogens (tertiary/aromatic N) is 3. The summed E-state index contributed by atoms with van der Waals surface area (Å²) in [5.74, 6) is 0.913. The highest BCUT2D eigenvalue weighted by molar-refractivity contribution is 6.33. The van der Waals surface area contributed by atoms with Crippen molar-refractivity contribution < 1.29 is 9.32 Å². The van der Waals surface area contributed by atoms with Crippen LogP contribution in [0.2, 0.25) is 5.02 Å². The molecule has 0 aliphatic rings. The normalized spacial score (nSPS) is 10.4. The standard InChI is InChI=1S/C13H16ClN5O2/c1-2-4-15-12-6-9(10(14)7-17-12)13(20)16-5-3-11-18-8-21-19-11/h6-8H,2-5H2,1H3,(H,15,17)(H,16,20). The number of aromatic nitrogens is 3. The lowest BCUT2D eigenvalue weighted by atomic mass is 10.2. The summed E-state index contributed by atoms with van der Waals surface area (Å²) in [6.07, 6.45) is 4.18. The van der Waals surface area contributed by atoms with E-state index in [4.69, 9.17) is 11.6 Å². The number of carbonyl (C=O) groups excluding carboxylic acids is 1. The number of hydrogen-bond acceptors (Lipinski definition) is 6. The van der Waals surface area contributed by atoms with Crippen molar-refractivity contribution >= 4 is 23.3 Å². The number of amides is 1. The van der Waals surface area contributed by atoms with Gasteiger partial charge in [-0.05, 0) is 12.5 Å². The van der Waals surface area contributed by atoms with E-state index < -0.39 is 0 Å². The van der Waals surface area contributed by atoms with Crippen molar-refractivity contribution in [2.45, 2.75) is 19.8 Å². The quantitative estimate of drug-likeness (QED) is 0.811. The Hall–Kier alpha value is -2.15. The molecule has 0 fully saturated rings. The molecule has 0 unspecified atom stereocenters. The van der Waals surface area contributed by atoms with Crippen LogP contribution in [0, 0.1) is 0 Å². The van der Waals surface area contributed by atoms with Crippen molar-refractivity contribution in [3.8, 4) is 0 Å². The van der Waals surface area contributed by atoms with Gasteiger partial charge in [-0.3, -0.25) is 4.79 Å². The largest absolute Gasteiger partial charge is 0.370 e. The van der Waals surface area contributed by atoms with Gasteiger partial charge in [0.2, 0.25) is 6.39 Å². The molecule has 1 amide bonds. The molecule has 0 radical (unpaired) electrons. The Morgan fingerprint density at radius 2 is 2.24 bits per heavy atom. The summed E-state index contributed by atoms with van der Waals surface area (Å²) in [4.78, 5) is 20.1. The zero-order valence-electron chi connectivity index (χ0n) is 11.6. The molecule has 0 aliphatic heterocycles. The van der Waals surface area contributed by atoms with Crippen LogP contribution in [0.3, 0.4) is 0 Å². The fourth-order valence-corrected chi connectivity index (χ4v) is 1.84. The minimum absolute atomic E-state index is 0.259. The van der Waals surface area contributed by atoms with Gasteiger partial charge in [0.25, 0.3) is 5.91 Å². The van der Waals surface area contributed by atoms with E-state index in [-0.39, 0.29) is 5.91 Å². The van der Waals surface area contributed by atoms with Crippen LogP contribution in [0.25, 0.3) is 0 Å². The molecule has 0 aromatic carbocycles. The average Bonchev–Trinajstić information content (AvgIpc) is 2.99. The van der Waals surface area contributed by atoms with E-state index in [0.717, 1.165) is 13.0 Å². The molecule has 21 heavy (non-hydrogen) atoms. The molecule has 2 N–H and O–H groups in total. The van der Waals surface area contributed by atoms with Crippen molar-refractivity contribution in [1.29, 1.82) is 0 Å². The molecule has 2 aromatic heterocycles. The van der Waals surface area contributed by atoms with E-state index in [1.54, 1.807) is 6.07 Å². The van der Waals surface area contributed by atoms with Gasteiger partial charge in [-0.15, -0.1) is 0 Å². The predicted molar refractivity (Wildman–Crippen MR) is 78.4 cm³/mol. The summed E-state index contributed by atoms with van der Waals surface area (Å²) in [6.45, 7) is 3.23. The molecule has 7 nitrogen and oxygen atoms in total. The molecule has 0 aliphatic carbocycles. The average molecular weight is 310 g/mol. The molecule has 2 heterocycles. The lowest BCUT2D eigenvalue weighted by Crippen LogP contribution is -2.26. The van der Waals surface area contributed by atoms with Crippen molar-refractivity contribution in [3.63, 3.8) is 0 Å². The number of carbonyl (C=O) groups is 1. The van der Waals surface area contributed by atoms with Crippen LogP contribution >= 0.6 is 11.6 Å². The SMILES string of the molecule is CCCNc1cc(C(=O)NCCc2ncon2)c(Cl)cn1. The molecule has 0 saturated carbocycles. The fourth-order valence-electron chi connectivity index (χ4n) is 1.65. The summed E-state index contributed by atoms with van der Waals surface area (Å²) >= 11 is 6.01. The van der Waals surface area contributed by atoms with Crippen LogP contribution in [0.4, 0.5) is 5.82 Å². The molecule has 8 heteroatoms. The van der Waals surface area contributed by atoms with Gasteiger partial charge in [0.05, 0.1) is 10.6 Å². The van der Waals surface area contributed by atoms with Gasteiger partial charge in [-0.1, -0.05) is 23.7 Å². The number of hydrogen-bond donors (Lipinski definition) is 2. The molecule has 2 aromatic rings. The van der Waals surface area contributed by atoms with Crippen molar-refractivity contribution in [3.05, 3.63) is 35.1 Å². The van der Waals surface area contributed by atoms with Gasteiger partial charge in [-0.25, -0.2) is 4.98 Å². The van der Waals surface area contributed by atoms with Crippen molar-refractivity contribution in [2.24, 2.45) is 0 Å². The molecular formula is C13H16ClN5O2. The van der Waals surface area contributed by atoms with Crippen LogP contribution in [0.1, 0.15) is 29.5 Å². The first-order valence-corrected chi connectivity index (χ1v) is 7.01. The maximum absolute atomic E-state index is 12.1. The Kier molecular flexibility index (Phi) is 5.51. The Balaban J connectivity index is 1.94. The van der Waals surface area contributed by atoms with E-state index in [9.17, 15) is 4.79 Å². The summed E-state index contributed by atoms with van der Waals surface area (Å²) < 4.78 is 4.62. The van der Waals surface area contributed by atoms with Gasteiger partial charge >= 0.3 is 0 Å². The lowest BCUT2D eigenvalue weighted by molar-refractivity contribution is 0.0954. The highest BCUT2D eigenvalue weighted by Crippen LogP contribution is 2.17. The fraction of sp³-hybridized carbons (Fsp3) is 0.385. The van der Waals surface area contributed by atoms with E-state index in [2.05, 4.69) is 37.2 Å². The first-order chi connectivity index (χ1) is 10.2. The third-order valence-electron chi connectivity index (χ3n) is 2.70. The summed E-state index contributed by atoms with van der Waals surface area (Å²) in [6, 6.07) is 1.64. The van der Waals surface area contributed by atoms with E-state index >= 15 is 0 Å². The van der Waals surface area contributed by atoms with Gasteiger partial charge < -0.3 is 15.2 Å². The monoisotopic (exact) mass is 309 g/mol. The molecule has 0 spiro atoms. The first-order valence-electron chi connectivity index (χ1n) is 6.63. The predicted octanol–water partition coefficient (Wildman–Crippen LogP) is 1.91. The Morgan fingerprint density at radius 1 is 1.38 bits per heavy atom. The highest BCUT2D eigenvalue weighted by Gasteiger charge is 2.12.